The number of carbonyl (C=O) groups is 2. The van der Waals surface area contributed by atoms with E-state index in [-0.39, 0.29) is 12.2 Å². The van der Waals surface area contributed by atoms with Gasteiger partial charge in [-0.1, -0.05) is 11.6 Å². The number of hydrogen-bond acceptors (Lipinski definition) is 5. The van der Waals surface area contributed by atoms with Gasteiger partial charge in [-0.25, -0.2) is 9.59 Å². The Balaban J connectivity index is 0.000000366. The third-order valence-corrected chi connectivity index (χ3v) is 2.44. The summed E-state index contributed by atoms with van der Waals surface area (Å²) in [6, 6.07) is -0.178. The van der Waals surface area contributed by atoms with Crippen molar-refractivity contribution in [2.75, 3.05) is 10.7 Å². The molecule has 0 aromatic heterocycles. The van der Waals surface area contributed by atoms with Crippen LogP contribution in [-0.4, -0.2) is 28.4 Å². The molecule has 1 fully saturated rings. The zero-order valence-corrected chi connectivity index (χ0v) is 12.7. The first-order chi connectivity index (χ1) is 8.10. The number of alkyl halides is 2. The lowest BCUT2D eigenvalue weighted by Crippen LogP contribution is -2.15. The SMILES string of the molecule is O=C(Cl)OCCl.O=C(OCI)OC1CCCC1. The highest BCUT2D eigenvalue weighted by Crippen LogP contribution is 2.21. The summed E-state index contributed by atoms with van der Waals surface area (Å²) in [5, 5.41) is 0. The van der Waals surface area contributed by atoms with Crippen molar-refractivity contribution in [2.45, 2.75) is 31.8 Å². The third-order valence-electron chi connectivity index (χ3n) is 1.91. The van der Waals surface area contributed by atoms with Crippen LogP contribution in [0.3, 0.4) is 0 Å². The monoisotopic (exact) mass is 398 g/mol. The number of rotatable bonds is 3. The molecule has 1 saturated carbocycles. The van der Waals surface area contributed by atoms with Crippen molar-refractivity contribution in [3.63, 3.8) is 0 Å². The van der Waals surface area contributed by atoms with E-state index in [2.05, 4.69) is 21.1 Å². The second kappa shape index (κ2) is 11.2. The summed E-state index contributed by atoms with van der Waals surface area (Å²) >= 11 is 11.5. The van der Waals surface area contributed by atoms with E-state index in [9.17, 15) is 9.59 Å². The maximum atomic E-state index is 10.7. The predicted molar refractivity (Wildman–Crippen MR) is 71.8 cm³/mol. The first kappa shape index (κ1) is 17.1. The van der Waals surface area contributed by atoms with Gasteiger partial charge in [0.25, 0.3) is 0 Å². The van der Waals surface area contributed by atoms with Crippen LogP contribution in [0.4, 0.5) is 9.59 Å². The lowest BCUT2D eigenvalue weighted by Gasteiger charge is -2.09. The predicted octanol–water partition coefficient (Wildman–Crippen LogP) is 4.03. The molecule has 0 saturated heterocycles. The zero-order chi connectivity index (χ0) is 13.1. The highest BCUT2D eigenvalue weighted by Gasteiger charge is 2.19. The Labute approximate surface area is 123 Å². The van der Waals surface area contributed by atoms with Crippen LogP contribution in [-0.2, 0) is 14.2 Å². The van der Waals surface area contributed by atoms with Gasteiger partial charge in [0.15, 0.2) is 6.07 Å². The maximum Gasteiger partial charge on any atom is 0.509 e. The number of ether oxygens (including phenoxy) is 3. The third kappa shape index (κ3) is 10.9. The average molecular weight is 399 g/mol. The van der Waals surface area contributed by atoms with Gasteiger partial charge in [-0.3, -0.25) is 0 Å². The highest BCUT2D eigenvalue weighted by molar-refractivity contribution is 14.1. The lowest BCUT2D eigenvalue weighted by molar-refractivity contribution is 0.0380. The zero-order valence-electron chi connectivity index (χ0n) is 9.00. The molecule has 0 aliphatic heterocycles. The van der Waals surface area contributed by atoms with Crippen molar-refractivity contribution in [1.82, 2.24) is 0 Å². The van der Waals surface area contributed by atoms with Gasteiger partial charge in [-0.15, -0.1) is 0 Å². The van der Waals surface area contributed by atoms with Gasteiger partial charge in [-0.2, -0.15) is 0 Å². The minimum absolute atomic E-state index is 0.116. The van der Waals surface area contributed by atoms with Crippen LogP contribution in [0.1, 0.15) is 25.7 Å². The Morgan fingerprint density at radius 2 is 1.82 bits per heavy atom. The van der Waals surface area contributed by atoms with Crippen molar-refractivity contribution >= 4 is 57.4 Å². The molecule has 1 rings (SSSR count). The molecule has 5 nitrogen and oxygen atoms in total. The van der Waals surface area contributed by atoms with Gasteiger partial charge in [-0.05, 0) is 48.3 Å². The van der Waals surface area contributed by atoms with E-state index in [0.29, 0.717) is 4.61 Å². The summed E-state index contributed by atoms with van der Waals surface area (Å²) in [7, 11) is 0. The molecule has 8 heteroatoms. The lowest BCUT2D eigenvalue weighted by atomic mass is 10.3. The van der Waals surface area contributed by atoms with E-state index in [1.807, 2.05) is 22.6 Å². The molecule has 100 valence electrons. The molecule has 0 unspecified atom stereocenters. The molecule has 0 aromatic rings. The summed E-state index contributed by atoms with van der Waals surface area (Å²) in [6.07, 6.45) is 3.92. The Morgan fingerprint density at radius 3 is 2.18 bits per heavy atom. The molecular formula is C9H13Cl2IO5. The fraction of sp³-hybridized carbons (Fsp3) is 0.778. The second-order valence-corrected chi connectivity index (χ2v) is 4.17. The van der Waals surface area contributed by atoms with Crippen LogP contribution in [0.5, 0.6) is 0 Å². The van der Waals surface area contributed by atoms with Gasteiger partial charge in [0.2, 0.25) is 0 Å². The number of carbonyl (C=O) groups excluding carboxylic acids is 2. The minimum Gasteiger partial charge on any atom is -0.437 e. The van der Waals surface area contributed by atoms with Crippen molar-refractivity contribution in [3.05, 3.63) is 0 Å². The molecule has 0 aromatic carbocycles. The van der Waals surface area contributed by atoms with E-state index in [1.54, 1.807) is 0 Å². The summed E-state index contributed by atoms with van der Waals surface area (Å²) < 4.78 is 13.9. The van der Waals surface area contributed by atoms with E-state index >= 15 is 0 Å². The van der Waals surface area contributed by atoms with E-state index in [0.717, 1.165) is 12.8 Å². The largest absolute Gasteiger partial charge is 0.509 e. The van der Waals surface area contributed by atoms with Gasteiger partial charge >= 0.3 is 11.6 Å². The molecule has 1 aliphatic carbocycles. The van der Waals surface area contributed by atoms with Crippen LogP contribution in [0, 0.1) is 0 Å². The Morgan fingerprint density at radius 1 is 1.24 bits per heavy atom. The van der Waals surface area contributed by atoms with Gasteiger partial charge in [0.1, 0.15) is 10.7 Å². The van der Waals surface area contributed by atoms with Crippen molar-refractivity contribution in [2.24, 2.45) is 0 Å². The fourth-order valence-electron chi connectivity index (χ4n) is 1.26. The molecule has 0 N–H and O–H groups in total. The topological polar surface area (TPSA) is 61.8 Å². The van der Waals surface area contributed by atoms with Crippen molar-refractivity contribution in [3.8, 4) is 0 Å². The van der Waals surface area contributed by atoms with Crippen molar-refractivity contribution in [1.29, 1.82) is 0 Å². The average Bonchev–Trinajstić information content (AvgIpc) is 2.71. The van der Waals surface area contributed by atoms with Crippen LogP contribution < -0.4 is 0 Å². The first-order valence-corrected chi connectivity index (χ1v) is 7.31. The highest BCUT2D eigenvalue weighted by atomic mass is 127. The standard InChI is InChI=1S/C7H11IO3.C2H2Cl2O2/c8-5-10-7(9)11-6-3-1-2-4-6;3-1-6-2(4)5/h6H,1-5H2;1H2. The molecule has 17 heavy (non-hydrogen) atoms. The van der Waals surface area contributed by atoms with Crippen LogP contribution >= 0.6 is 45.8 Å². The molecule has 0 radical (unpaired) electrons. The molecule has 0 amide bonds. The molecule has 1 aliphatic rings. The van der Waals surface area contributed by atoms with Crippen LogP contribution in [0.15, 0.2) is 0 Å². The maximum absolute atomic E-state index is 10.7. The normalized spacial score (nSPS) is 14.5. The first-order valence-electron chi connectivity index (χ1n) is 4.87. The molecule has 0 atom stereocenters. The smallest absolute Gasteiger partial charge is 0.437 e. The van der Waals surface area contributed by atoms with Gasteiger partial charge < -0.3 is 14.2 Å². The summed E-state index contributed by atoms with van der Waals surface area (Å²) in [4.78, 5) is 20.3. The van der Waals surface area contributed by atoms with Crippen LogP contribution in [0.25, 0.3) is 0 Å². The molecule has 0 heterocycles. The fourth-order valence-corrected chi connectivity index (χ4v) is 1.73. The Kier molecular flexibility index (Phi) is 11.2. The molecular weight excluding hydrogens is 386 g/mol. The van der Waals surface area contributed by atoms with Gasteiger partial charge in [0, 0.05) is 11.6 Å². The van der Waals surface area contributed by atoms with E-state index in [4.69, 9.17) is 16.3 Å². The van der Waals surface area contributed by atoms with E-state index < -0.39 is 11.6 Å². The second-order valence-electron chi connectivity index (χ2n) is 3.02. The summed E-state index contributed by atoms with van der Waals surface area (Å²) in [6.45, 7) is 0. The number of hydrogen-bond donors (Lipinski definition) is 0. The van der Waals surface area contributed by atoms with Gasteiger partial charge in [0.05, 0.1) is 0 Å². The van der Waals surface area contributed by atoms with Crippen LogP contribution in [0.2, 0.25) is 0 Å². The summed E-state index contributed by atoms with van der Waals surface area (Å²) in [5.74, 6) is 0. The quantitative estimate of drug-likeness (QED) is 0.311. The van der Waals surface area contributed by atoms with E-state index in [1.165, 1.54) is 12.8 Å². The Hall–Kier alpha value is 0.0500. The minimum atomic E-state index is -0.870. The molecule has 0 bridgehead atoms. The number of halogens is 3. The van der Waals surface area contributed by atoms with Crippen molar-refractivity contribution < 1.29 is 23.8 Å². The summed E-state index contributed by atoms with van der Waals surface area (Å²) in [5.41, 5.74) is -0.870. The Bertz CT molecular complexity index is 233. The molecule has 0 spiro atoms.